The molecule has 0 spiro atoms. The Kier molecular flexibility index (Phi) is 6.65. The predicted molar refractivity (Wildman–Crippen MR) is 117 cm³/mol. The fraction of sp³-hybridized carbons (Fsp3) is 0.391. The number of nitrogens with zero attached hydrogens (tertiary/aromatic N) is 2. The van der Waals surface area contributed by atoms with E-state index in [0.717, 1.165) is 24.2 Å². The van der Waals surface area contributed by atoms with Crippen molar-refractivity contribution in [2.45, 2.75) is 43.9 Å². The Bertz CT molecular complexity index is 1000. The Labute approximate surface area is 184 Å². The molecule has 2 heterocycles. The van der Waals surface area contributed by atoms with Crippen LogP contribution in [0, 0.1) is 5.82 Å². The fourth-order valence-electron chi connectivity index (χ4n) is 4.05. The molecule has 162 valence electrons. The number of hydrogen-bond donors (Lipinski definition) is 1. The molecule has 31 heavy (non-hydrogen) atoms. The number of nitrogens with one attached hydrogen (secondary N) is 1. The molecule has 1 aromatic rings. The lowest BCUT2D eigenvalue weighted by Crippen LogP contribution is -2.56. The molecule has 0 aromatic heterocycles. The zero-order valence-corrected chi connectivity index (χ0v) is 18.0. The smallest absolute Gasteiger partial charge is 0.352 e. The van der Waals surface area contributed by atoms with Gasteiger partial charge < -0.3 is 5.32 Å². The third-order valence-electron chi connectivity index (χ3n) is 5.73. The number of urea groups is 1. The molecule has 8 heteroatoms. The Morgan fingerprint density at radius 2 is 2.10 bits per heavy atom. The number of hydrogen-bond acceptors (Lipinski definition) is 4. The molecule has 2 aliphatic heterocycles. The molecular formula is C23H25FN3O3S+. The highest BCUT2D eigenvalue weighted by molar-refractivity contribution is 8.04. The minimum absolute atomic E-state index is 0.166. The van der Waals surface area contributed by atoms with Gasteiger partial charge in [-0.15, -0.1) is 11.8 Å². The predicted octanol–water partition coefficient (Wildman–Crippen LogP) is 3.38. The first-order valence-electron chi connectivity index (χ1n) is 10.5. The van der Waals surface area contributed by atoms with E-state index in [-0.39, 0.29) is 30.5 Å². The highest BCUT2D eigenvalue weighted by Crippen LogP contribution is 2.29. The van der Waals surface area contributed by atoms with E-state index >= 15 is 0 Å². The fourth-order valence-corrected chi connectivity index (χ4v) is 5.01. The number of amides is 4. The summed E-state index contributed by atoms with van der Waals surface area (Å²) in [7, 11) is 0. The highest BCUT2D eigenvalue weighted by Gasteiger charge is 2.49. The molecule has 1 atom stereocenters. The van der Waals surface area contributed by atoms with Crippen molar-refractivity contribution in [2.75, 3.05) is 13.1 Å². The summed E-state index contributed by atoms with van der Waals surface area (Å²) in [5.74, 6) is -1.14. The summed E-state index contributed by atoms with van der Waals surface area (Å²) >= 11 is 1.29. The normalized spacial score (nSPS) is 20.7. The van der Waals surface area contributed by atoms with Gasteiger partial charge in [-0.3, -0.25) is 4.79 Å². The molecule has 0 radical (unpaired) electrons. The van der Waals surface area contributed by atoms with Gasteiger partial charge in [-0.1, -0.05) is 29.8 Å². The second kappa shape index (κ2) is 9.60. The Morgan fingerprint density at radius 1 is 1.26 bits per heavy atom. The van der Waals surface area contributed by atoms with Gasteiger partial charge in [0.25, 0.3) is 5.91 Å². The summed E-state index contributed by atoms with van der Waals surface area (Å²) in [5.41, 5.74) is 2.13. The standard InChI is InChI=1S/C23H24FN3O3S/c24-18-9-5-4-8-17(18)14-27-22(29)21-19(11-13-31-21)26(23(27)30)15-20(28)25-12-10-16-6-2-1-3-7-16/h4-6,8-9,11,13,21H,1-3,7,10,12,14-15H2/p+1. The average Bonchev–Trinajstić information content (AvgIpc) is 3.26. The summed E-state index contributed by atoms with van der Waals surface area (Å²) in [6.45, 7) is 0.185. The van der Waals surface area contributed by atoms with Crippen molar-refractivity contribution in [3.05, 3.63) is 58.8 Å². The molecule has 1 unspecified atom stereocenters. The Morgan fingerprint density at radius 3 is 2.87 bits per heavy atom. The van der Waals surface area contributed by atoms with Crippen LogP contribution in [0.2, 0.25) is 0 Å². The van der Waals surface area contributed by atoms with E-state index in [1.54, 1.807) is 29.7 Å². The summed E-state index contributed by atoms with van der Waals surface area (Å²) in [5, 5.41) is 4.04. The second-order valence-electron chi connectivity index (χ2n) is 7.84. The first-order valence-corrected chi connectivity index (χ1v) is 11.5. The number of halogens is 1. The van der Waals surface area contributed by atoms with Gasteiger partial charge in [0.15, 0.2) is 11.8 Å². The number of rotatable bonds is 7. The summed E-state index contributed by atoms with van der Waals surface area (Å²) in [6.07, 6.45) is 9.35. The van der Waals surface area contributed by atoms with Crippen LogP contribution in [0.1, 0.15) is 37.7 Å². The maximum Gasteiger partial charge on any atom is 0.501 e. The zero-order valence-electron chi connectivity index (χ0n) is 17.2. The van der Waals surface area contributed by atoms with Crippen LogP contribution in [-0.4, -0.2) is 51.4 Å². The molecule has 3 aliphatic rings. The number of imide groups is 1. The summed E-state index contributed by atoms with van der Waals surface area (Å²) in [6, 6.07) is 5.46. The van der Waals surface area contributed by atoms with Gasteiger partial charge in [0.05, 0.1) is 0 Å². The molecule has 1 aliphatic carbocycles. The number of benzene rings is 1. The third kappa shape index (κ3) is 4.79. The maximum atomic E-state index is 14.1. The van der Waals surface area contributed by atoms with Gasteiger partial charge in [-0.05, 0) is 49.7 Å². The van der Waals surface area contributed by atoms with Crippen LogP contribution in [0.5, 0.6) is 0 Å². The van der Waals surface area contributed by atoms with Crippen molar-refractivity contribution in [1.29, 1.82) is 0 Å². The molecule has 4 rings (SSSR count). The van der Waals surface area contributed by atoms with E-state index in [9.17, 15) is 18.8 Å². The van der Waals surface area contributed by atoms with Crippen LogP contribution in [0.15, 0.2) is 47.4 Å². The van der Waals surface area contributed by atoms with Crippen LogP contribution >= 0.6 is 11.8 Å². The number of allylic oxidation sites excluding steroid dienone is 2. The molecule has 1 N–H and O–H groups in total. The van der Waals surface area contributed by atoms with Crippen LogP contribution in [0.25, 0.3) is 0 Å². The average molecular weight is 443 g/mol. The number of carbonyl (C=O) groups excluding carboxylic acids is 3. The van der Waals surface area contributed by atoms with Gasteiger partial charge in [0.2, 0.25) is 0 Å². The molecule has 0 saturated carbocycles. The molecule has 1 aromatic carbocycles. The molecule has 0 saturated heterocycles. The molecule has 0 bridgehead atoms. The molecule has 0 fully saturated rings. The van der Waals surface area contributed by atoms with Crippen molar-refractivity contribution in [3.63, 3.8) is 0 Å². The van der Waals surface area contributed by atoms with E-state index in [1.807, 2.05) is 0 Å². The molecule has 6 nitrogen and oxygen atoms in total. The SMILES string of the molecule is O=C(C[N+]1=C2C=CSC2C(=O)N(Cc2ccccc2F)C1=O)NCCC1=CCCCC1. The van der Waals surface area contributed by atoms with Crippen LogP contribution in [0.4, 0.5) is 9.18 Å². The van der Waals surface area contributed by atoms with Crippen LogP contribution < -0.4 is 5.32 Å². The minimum atomic E-state index is -0.600. The van der Waals surface area contributed by atoms with E-state index in [2.05, 4.69) is 11.4 Å². The lowest BCUT2D eigenvalue weighted by molar-refractivity contribution is -0.427. The largest absolute Gasteiger partial charge is 0.501 e. The first-order chi connectivity index (χ1) is 15.0. The van der Waals surface area contributed by atoms with E-state index < -0.39 is 17.1 Å². The van der Waals surface area contributed by atoms with Gasteiger partial charge in [-0.2, -0.15) is 14.3 Å². The van der Waals surface area contributed by atoms with Crippen molar-refractivity contribution in [1.82, 2.24) is 10.2 Å². The first kappa shape index (κ1) is 21.5. The van der Waals surface area contributed by atoms with E-state index in [1.165, 1.54) is 40.8 Å². The Hall–Kier alpha value is -2.74. The highest BCUT2D eigenvalue weighted by atomic mass is 32.2. The maximum absolute atomic E-state index is 14.1. The van der Waals surface area contributed by atoms with Crippen molar-refractivity contribution >= 4 is 35.3 Å². The van der Waals surface area contributed by atoms with E-state index in [0.29, 0.717) is 12.3 Å². The van der Waals surface area contributed by atoms with Crippen molar-refractivity contribution in [2.24, 2.45) is 0 Å². The zero-order chi connectivity index (χ0) is 21.8. The van der Waals surface area contributed by atoms with Crippen molar-refractivity contribution < 1.29 is 23.3 Å². The summed E-state index contributed by atoms with van der Waals surface area (Å²) in [4.78, 5) is 39.6. The van der Waals surface area contributed by atoms with Crippen molar-refractivity contribution in [3.8, 4) is 0 Å². The lowest BCUT2D eigenvalue weighted by atomic mass is 9.97. The molecular weight excluding hydrogens is 417 g/mol. The number of fused-ring (bicyclic) bond motifs is 1. The monoisotopic (exact) mass is 442 g/mol. The second-order valence-corrected chi connectivity index (χ2v) is 8.85. The van der Waals surface area contributed by atoms with Crippen LogP contribution in [-0.2, 0) is 16.1 Å². The third-order valence-corrected chi connectivity index (χ3v) is 6.74. The van der Waals surface area contributed by atoms with Gasteiger partial charge in [0.1, 0.15) is 18.1 Å². The number of thioether (sulfide) groups is 1. The topological polar surface area (TPSA) is 69.5 Å². The van der Waals surface area contributed by atoms with Gasteiger partial charge in [0, 0.05) is 12.1 Å². The minimum Gasteiger partial charge on any atom is -0.352 e. The van der Waals surface area contributed by atoms with E-state index in [4.69, 9.17) is 0 Å². The van der Waals surface area contributed by atoms with Gasteiger partial charge in [-0.25, -0.2) is 9.18 Å². The summed E-state index contributed by atoms with van der Waals surface area (Å²) < 4.78 is 15.4. The Balaban J connectivity index is 1.45. The quantitative estimate of drug-likeness (QED) is 0.519. The molecule has 4 amide bonds. The van der Waals surface area contributed by atoms with Gasteiger partial charge >= 0.3 is 11.9 Å². The number of carbonyl (C=O) groups is 3. The van der Waals surface area contributed by atoms with Crippen LogP contribution in [0.3, 0.4) is 0 Å². The lowest BCUT2D eigenvalue weighted by Gasteiger charge is -2.24.